The number of nitrogens with zero attached hydrogens (tertiary/aromatic N) is 2. The zero-order chi connectivity index (χ0) is 13.1. The quantitative estimate of drug-likeness (QED) is 0.910. The van der Waals surface area contributed by atoms with Crippen LogP contribution in [-0.4, -0.2) is 21.8 Å². The number of H-pyrrole nitrogens is 1. The highest BCUT2D eigenvalue weighted by atomic mass is 19.3. The summed E-state index contributed by atoms with van der Waals surface area (Å²) in [5, 5.41) is 6.79. The van der Waals surface area contributed by atoms with Gasteiger partial charge in [0.15, 0.2) is 5.82 Å². The van der Waals surface area contributed by atoms with E-state index in [1.54, 1.807) is 18.2 Å². The van der Waals surface area contributed by atoms with Crippen molar-refractivity contribution in [2.24, 2.45) is 0 Å². The van der Waals surface area contributed by atoms with Gasteiger partial charge in [0.1, 0.15) is 11.6 Å². The van der Waals surface area contributed by atoms with Crippen LogP contribution < -0.4 is 4.74 Å². The minimum Gasteiger partial charge on any atom is -0.434 e. The minimum absolute atomic E-state index is 0.0711. The zero-order valence-corrected chi connectivity index (χ0v) is 10.0. The molecule has 6 heteroatoms. The fourth-order valence-corrected chi connectivity index (χ4v) is 1.50. The highest BCUT2D eigenvalue weighted by molar-refractivity contribution is 5.63. The van der Waals surface area contributed by atoms with Gasteiger partial charge in [-0.25, -0.2) is 4.98 Å². The summed E-state index contributed by atoms with van der Waals surface area (Å²) in [5.41, 5.74) is 0.445. The van der Waals surface area contributed by atoms with E-state index in [0.717, 1.165) is 0 Å². The number of rotatable bonds is 4. The van der Waals surface area contributed by atoms with Gasteiger partial charge in [-0.15, -0.1) is 0 Å². The van der Waals surface area contributed by atoms with Gasteiger partial charge in [-0.2, -0.15) is 13.9 Å². The molecular weight excluding hydrogens is 240 g/mol. The molecule has 1 aromatic heterocycles. The first-order chi connectivity index (χ1) is 8.58. The molecule has 0 radical (unpaired) electrons. The molecule has 1 aromatic carbocycles. The average Bonchev–Trinajstić information content (AvgIpc) is 2.78. The number of nitrogens with one attached hydrogen (secondary N) is 1. The second-order valence-electron chi connectivity index (χ2n) is 4.07. The van der Waals surface area contributed by atoms with Crippen LogP contribution in [0.25, 0.3) is 11.4 Å². The lowest BCUT2D eigenvalue weighted by Gasteiger charge is -2.07. The van der Waals surface area contributed by atoms with Crippen LogP contribution in [0.2, 0.25) is 0 Å². The molecule has 2 rings (SSSR count). The number of aromatic amines is 1. The smallest absolute Gasteiger partial charge is 0.387 e. The van der Waals surface area contributed by atoms with Crippen molar-refractivity contribution >= 4 is 0 Å². The van der Waals surface area contributed by atoms with Crippen LogP contribution in [0.15, 0.2) is 24.3 Å². The van der Waals surface area contributed by atoms with E-state index in [1.807, 2.05) is 13.8 Å². The fourth-order valence-electron chi connectivity index (χ4n) is 1.50. The normalized spacial score (nSPS) is 11.2. The lowest BCUT2D eigenvalue weighted by atomic mass is 10.2. The number of aromatic nitrogens is 3. The van der Waals surface area contributed by atoms with Gasteiger partial charge in [-0.05, 0) is 12.1 Å². The SMILES string of the molecule is CC(C)c1nc(-c2ccccc2OC(F)F)n[nH]1. The molecule has 0 aliphatic carbocycles. The Bertz CT molecular complexity index is 526. The van der Waals surface area contributed by atoms with E-state index in [2.05, 4.69) is 19.9 Å². The van der Waals surface area contributed by atoms with Crippen molar-refractivity contribution in [3.8, 4) is 17.1 Å². The van der Waals surface area contributed by atoms with Gasteiger partial charge in [0.05, 0.1) is 5.56 Å². The van der Waals surface area contributed by atoms with Crippen LogP contribution in [0.5, 0.6) is 5.75 Å². The van der Waals surface area contributed by atoms with Crippen molar-refractivity contribution in [1.29, 1.82) is 0 Å². The van der Waals surface area contributed by atoms with Gasteiger partial charge in [-0.3, -0.25) is 5.10 Å². The second kappa shape index (κ2) is 5.12. The van der Waals surface area contributed by atoms with Gasteiger partial charge < -0.3 is 4.74 Å². The second-order valence-corrected chi connectivity index (χ2v) is 4.07. The summed E-state index contributed by atoms with van der Waals surface area (Å²) in [7, 11) is 0. The van der Waals surface area contributed by atoms with Crippen LogP contribution in [0, 0.1) is 0 Å². The van der Waals surface area contributed by atoms with Crippen LogP contribution in [0.4, 0.5) is 8.78 Å². The summed E-state index contributed by atoms with van der Waals surface area (Å²) in [6.45, 7) is 1.06. The summed E-state index contributed by atoms with van der Waals surface area (Å²) in [5.74, 6) is 1.32. The highest BCUT2D eigenvalue weighted by Gasteiger charge is 2.15. The molecule has 0 aliphatic rings. The monoisotopic (exact) mass is 253 g/mol. The molecule has 4 nitrogen and oxygen atoms in total. The average molecular weight is 253 g/mol. The van der Waals surface area contributed by atoms with Crippen LogP contribution in [0.3, 0.4) is 0 Å². The van der Waals surface area contributed by atoms with E-state index in [9.17, 15) is 8.78 Å². The first-order valence-corrected chi connectivity index (χ1v) is 5.54. The number of ether oxygens (including phenoxy) is 1. The van der Waals surface area contributed by atoms with Crippen molar-refractivity contribution in [3.05, 3.63) is 30.1 Å². The number of alkyl halides is 2. The third-order valence-electron chi connectivity index (χ3n) is 2.39. The standard InChI is InChI=1S/C12H13F2N3O/c1-7(2)10-15-11(17-16-10)8-5-3-4-6-9(8)18-12(13)14/h3-7,12H,1-2H3,(H,15,16,17). The van der Waals surface area contributed by atoms with Crippen LogP contribution >= 0.6 is 0 Å². The molecule has 0 spiro atoms. The fraction of sp³-hybridized carbons (Fsp3) is 0.333. The third-order valence-corrected chi connectivity index (χ3v) is 2.39. The van der Waals surface area contributed by atoms with E-state index in [-0.39, 0.29) is 11.7 Å². The van der Waals surface area contributed by atoms with Crippen molar-refractivity contribution in [3.63, 3.8) is 0 Å². The van der Waals surface area contributed by atoms with E-state index in [0.29, 0.717) is 17.2 Å². The summed E-state index contributed by atoms with van der Waals surface area (Å²) >= 11 is 0. The first kappa shape index (κ1) is 12.5. The molecule has 18 heavy (non-hydrogen) atoms. The molecule has 0 bridgehead atoms. The van der Waals surface area contributed by atoms with Crippen molar-refractivity contribution in [1.82, 2.24) is 15.2 Å². The predicted molar refractivity (Wildman–Crippen MR) is 62.5 cm³/mol. The molecule has 1 heterocycles. The van der Waals surface area contributed by atoms with Gasteiger partial charge in [0, 0.05) is 5.92 Å². The largest absolute Gasteiger partial charge is 0.434 e. The molecule has 0 saturated heterocycles. The molecule has 0 saturated carbocycles. The Hall–Kier alpha value is -1.98. The van der Waals surface area contributed by atoms with Crippen molar-refractivity contribution < 1.29 is 13.5 Å². The van der Waals surface area contributed by atoms with E-state index in [1.165, 1.54) is 6.07 Å². The van der Waals surface area contributed by atoms with Crippen molar-refractivity contribution in [2.45, 2.75) is 26.4 Å². The summed E-state index contributed by atoms with van der Waals surface area (Å²) < 4.78 is 29.0. The number of hydrogen-bond donors (Lipinski definition) is 1. The Labute approximate surface area is 103 Å². The molecule has 0 fully saturated rings. The summed E-state index contributed by atoms with van der Waals surface area (Å²) in [4.78, 5) is 4.26. The molecule has 1 N–H and O–H groups in total. The highest BCUT2D eigenvalue weighted by Crippen LogP contribution is 2.28. The Morgan fingerprint density at radius 1 is 1.22 bits per heavy atom. The molecule has 96 valence electrons. The van der Waals surface area contributed by atoms with E-state index in [4.69, 9.17) is 0 Å². The third kappa shape index (κ3) is 2.64. The van der Waals surface area contributed by atoms with Gasteiger partial charge in [-0.1, -0.05) is 26.0 Å². The number of benzene rings is 1. The Balaban J connectivity index is 2.36. The Morgan fingerprint density at radius 2 is 1.94 bits per heavy atom. The van der Waals surface area contributed by atoms with E-state index >= 15 is 0 Å². The Kier molecular flexibility index (Phi) is 3.55. The lowest BCUT2D eigenvalue weighted by molar-refractivity contribution is -0.0494. The van der Waals surface area contributed by atoms with Crippen LogP contribution in [-0.2, 0) is 0 Å². The van der Waals surface area contributed by atoms with E-state index < -0.39 is 6.61 Å². The van der Waals surface area contributed by atoms with Gasteiger partial charge in [0.2, 0.25) is 0 Å². The minimum atomic E-state index is -2.87. The molecule has 2 aromatic rings. The lowest BCUT2D eigenvalue weighted by Crippen LogP contribution is -2.03. The number of para-hydroxylation sites is 1. The maximum Gasteiger partial charge on any atom is 0.387 e. The van der Waals surface area contributed by atoms with Gasteiger partial charge >= 0.3 is 6.61 Å². The molecule has 0 atom stereocenters. The van der Waals surface area contributed by atoms with Crippen LogP contribution in [0.1, 0.15) is 25.6 Å². The maximum atomic E-state index is 12.3. The summed E-state index contributed by atoms with van der Waals surface area (Å²) in [6, 6.07) is 6.45. The zero-order valence-electron chi connectivity index (χ0n) is 10.0. The number of hydrogen-bond acceptors (Lipinski definition) is 3. The molecule has 0 amide bonds. The maximum absolute atomic E-state index is 12.3. The molecule has 0 aliphatic heterocycles. The topological polar surface area (TPSA) is 50.8 Å². The van der Waals surface area contributed by atoms with Crippen molar-refractivity contribution in [2.75, 3.05) is 0 Å². The number of halogens is 2. The Morgan fingerprint density at radius 3 is 2.56 bits per heavy atom. The molecule has 0 unspecified atom stereocenters. The first-order valence-electron chi connectivity index (χ1n) is 5.54. The molecular formula is C12H13F2N3O. The summed E-state index contributed by atoms with van der Waals surface area (Å²) in [6.07, 6.45) is 0. The van der Waals surface area contributed by atoms with Gasteiger partial charge in [0.25, 0.3) is 0 Å². The predicted octanol–water partition coefficient (Wildman–Crippen LogP) is 3.20.